The van der Waals surface area contributed by atoms with Crippen molar-refractivity contribution in [2.45, 2.75) is 0 Å². The predicted octanol–water partition coefficient (Wildman–Crippen LogP) is 1.17. The van der Waals surface area contributed by atoms with Gasteiger partial charge >= 0.3 is 11.8 Å². The molecule has 5 nitrogen and oxygen atoms in total. The van der Waals surface area contributed by atoms with Crippen LogP contribution in [0.15, 0.2) is 48.8 Å². The van der Waals surface area contributed by atoms with Gasteiger partial charge in [0, 0.05) is 11.8 Å². The molecule has 0 bridgehead atoms. The Morgan fingerprint density at radius 1 is 1.06 bits per heavy atom. The van der Waals surface area contributed by atoms with E-state index in [1.54, 1.807) is 12.3 Å². The molecule has 1 heterocycles. The van der Waals surface area contributed by atoms with Gasteiger partial charge in [0.15, 0.2) is 0 Å². The smallest absolute Gasteiger partial charge is 0.313 e. The maximum absolute atomic E-state index is 11.1. The SMILES string of the molecule is NC(=O)C(=O)Nc1cncc(-c2ccccc2)c1. The van der Waals surface area contributed by atoms with E-state index in [0.717, 1.165) is 11.1 Å². The molecule has 18 heavy (non-hydrogen) atoms. The Labute approximate surface area is 104 Å². The number of primary amides is 1. The summed E-state index contributed by atoms with van der Waals surface area (Å²) in [5, 5.41) is 2.38. The third-order valence-electron chi connectivity index (χ3n) is 2.33. The highest BCUT2D eigenvalue weighted by Crippen LogP contribution is 2.20. The lowest BCUT2D eigenvalue weighted by Gasteiger charge is -2.05. The van der Waals surface area contributed by atoms with Crippen LogP contribution >= 0.6 is 0 Å². The molecule has 2 amide bonds. The van der Waals surface area contributed by atoms with Crippen LogP contribution in [-0.4, -0.2) is 16.8 Å². The Bertz CT molecular complexity index is 582. The number of aromatic nitrogens is 1. The van der Waals surface area contributed by atoms with Crippen LogP contribution in [0.4, 0.5) is 5.69 Å². The quantitative estimate of drug-likeness (QED) is 0.774. The molecule has 90 valence electrons. The molecule has 1 aromatic heterocycles. The summed E-state index contributed by atoms with van der Waals surface area (Å²) in [7, 11) is 0. The number of hydrogen-bond acceptors (Lipinski definition) is 3. The molecule has 0 aliphatic heterocycles. The fraction of sp³-hybridized carbons (Fsp3) is 0. The summed E-state index contributed by atoms with van der Waals surface area (Å²) < 4.78 is 0. The van der Waals surface area contributed by atoms with Crippen molar-refractivity contribution in [2.75, 3.05) is 5.32 Å². The van der Waals surface area contributed by atoms with Gasteiger partial charge in [0.2, 0.25) is 0 Å². The van der Waals surface area contributed by atoms with Gasteiger partial charge in [-0.25, -0.2) is 0 Å². The molecule has 0 aliphatic carbocycles. The van der Waals surface area contributed by atoms with Crippen molar-refractivity contribution in [3.8, 4) is 11.1 Å². The van der Waals surface area contributed by atoms with Crippen LogP contribution in [0.5, 0.6) is 0 Å². The number of nitrogens with two attached hydrogens (primary N) is 1. The number of hydrogen-bond donors (Lipinski definition) is 2. The van der Waals surface area contributed by atoms with E-state index in [-0.39, 0.29) is 0 Å². The minimum absolute atomic E-state index is 0.431. The molecule has 0 fully saturated rings. The number of rotatable bonds is 2. The molecule has 0 saturated heterocycles. The standard InChI is InChI=1S/C13H11N3O2/c14-12(17)13(18)16-11-6-10(7-15-8-11)9-4-2-1-3-5-9/h1-8H,(H2,14,17)(H,16,18). The van der Waals surface area contributed by atoms with Gasteiger partial charge in [0.1, 0.15) is 0 Å². The molecule has 0 atom stereocenters. The zero-order chi connectivity index (χ0) is 13.0. The monoisotopic (exact) mass is 241 g/mol. The average molecular weight is 241 g/mol. The maximum atomic E-state index is 11.1. The number of nitrogens with zero attached hydrogens (tertiary/aromatic N) is 1. The van der Waals surface area contributed by atoms with Crippen LogP contribution < -0.4 is 11.1 Å². The summed E-state index contributed by atoms with van der Waals surface area (Å²) in [6.45, 7) is 0. The number of amides is 2. The van der Waals surface area contributed by atoms with Crippen molar-refractivity contribution >= 4 is 17.5 Å². The molecule has 0 aliphatic rings. The topological polar surface area (TPSA) is 85.1 Å². The van der Waals surface area contributed by atoms with Gasteiger partial charge in [-0.2, -0.15) is 0 Å². The number of anilines is 1. The van der Waals surface area contributed by atoms with Gasteiger partial charge in [-0.15, -0.1) is 0 Å². The fourth-order valence-electron chi connectivity index (χ4n) is 1.49. The second kappa shape index (κ2) is 5.09. The molecule has 2 rings (SSSR count). The Kier molecular flexibility index (Phi) is 3.33. The third-order valence-corrected chi connectivity index (χ3v) is 2.33. The Morgan fingerprint density at radius 3 is 2.44 bits per heavy atom. The zero-order valence-electron chi connectivity index (χ0n) is 9.46. The van der Waals surface area contributed by atoms with E-state index in [0.29, 0.717) is 5.69 Å². The molecular weight excluding hydrogens is 230 g/mol. The summed E-state index contributed by atoms with van der Waals surface area (Å²) in [6.07, 6.45) is 3.13. The molecule has 0 radical (unpaired) electrons. The number of carbonyl (C=O) groups excluding carboxylic acids is 2. The summed E-state index contributed by atoms with van der Waals surface area (Å²) in [5.74, 6) is -1.89. The molecule has 0 spiro atoms. The minimum atomic E-state index is -1.03. The molecule has 1 aromatic carbocycles. The third kappa shape index (κ3) is 2.70. The van der Waals surface area contributed by atoms with Gasteiger partial charge < -0.3 is 11.1 Å². The highest BCUT2D eigenvalue weighted by molar-refractivity contribution is 6.39. The lowest BCUT2D eigenvalue weighted by molar-refractivity contribution is -0.134. The van der Waals surface area contributed by atoms with Crippen molar-refractivity contribution in [1.29, 1.82) is 0 Å². The van der Waals surface area contributed by atoms with Crippen LogP contribution in [0.2, 0.25) is 0 Å². The van der Waals surface area contributed by atoms with Crippen LogP contribution in [0, 0.1) is 0 Å². The highest BCUT2D eigenvalue weighted by atomic mass is 16.2. The van der Waals surface area contributed by atoms with E-state index in [1.807, 2.05) is 30.3 Å². The summed E-state index contributed by atoms with van der Waals surface area (Å²) in [4.78, 5) is 25.8. The first-order valence-corrected chi connectivity index (χ1v) is 5.28. The molecule has 5 heteroatoms. The first kappa shape index (κ1) is 11.8. The summed E-state index contributed by atoms with van der Waals surface area (Å²) in [6, 6.07) is 11.3. The van der Waals surface area contributed by atoms with E-state index in [4.69, 9.17) is 5.73 Å². The van der Waals surface area contributed by atoms with Gasteiger partial charge in [-0.05, 0) is 11.6 Å². The Balaban J connectivity index is 2.26. The molecule has 0 saturated carbocycles. The second-order valence-electron chi connectivity index (χ2n) is 3.65. The van der Waals surface area contributed by atoms with Crippen molar-refractivity contribution < 1.29 is 9.59 Å². The van der Waals surface area contributed by atoms with Crippen LogP contribution in [0.1, 0.15) is 0 Å². The highest BCUT2D eigenvalue weighted by Gasteiger charge is 2.09. The van der Waals surface area contributed by atoms with Gasteiger partial charge in [0.05, 0.1) is 11.9 Å². The number of benzene rings is 1. The lowest BCUT2D eigenvalue weighted by Crippen LogP contribution is -2.29. The van der Waals surface area contributed by atoms with Gasteiger partial charge in [-0.1, -0.05) is 30.3 Å². The van der Waals surface area contributed by atoms with E-state index < -0.39 is 11.8 Å². The first-order chi connectivity index (χ1) is 8.66. The second-order valence-corrected chi connectivity index (χ2v) is 3.65. The Morgan fingerprint density at radius 2 is 1.78 bits per heavy atom. The molecular formula is C13H11N3O2. The summed E-state index contributed by atoms with van der Waals surface area (Å²) in [5.41, 5.74) is 7.11. The van der Waals surface area contributed by atoms with Crippen molar-refractivity contribution in [3.63, 3.8) is 0 Å². The minimum Gasteiger partial charge on any atom is -0.361 e. The average Bonchev–Trinajstić information content (AvgIpc) is 2.40. The van der Waals surface area contributed by atoms with Crippen LogP contribution in [0.3, 0.4) is 0 Å². The zero-order valence-corrected chi connectivity index (χ0v) is 9.46. The first-order valence-electron chi connectivity index (χ1n) is 5.28. The lowest BCUT2D eigenvalue weighted by atomic mass is 10.1. The Hall–Kier alpha value is -2.69. The number of carbonyl (C=O) groups is 2. The predicted molar refractivity (Wildman–Crippen MR) is 67.5 cm³/mol. The molecule has 3 N–H and O–H groups in total. The molecule has 0 unspecified atom stereocenters. The van der Waals surface area contributed by atoms with E-state index in [1.165, 1.54) is 6.20 Å². The van der Waals surface area contributed by atoms with Crippen LogP contribution in [0.25, 0.3) is 11.1 Å². The van der Waals surface area contributed by atoms with E-state index in [9.17, 15) is 9.59 Å². The maximum Gasteiger partial charge on any atom is 0.313 e. The number of pyridine rings is 1. The fourth-order valence-corrected chi connectivity index (χ4v) is 1.49. The van der Waals surface area contributed by atoms with Crippen molar-refractivity contribution in [2.24, 2.45) is 5.73 Å². The molecule has 2 aromatic rings. The largest absolute Gasteiger partial charge is 0.361 e. The van der Waals surface area contributed by atoms with E-state index >= 15 is 0 Å². The van der Waals surface area contributed by atoms with Gasteiger partial charge in [-0.3, -0.25) is 14.6 Å². The summed E-state index contributed by atoms with van der Waals surface area (Å²) >= 11 is 0. The van der Waals surface area contributed by atoms with Gasteiger partial charge in [0.25, 0.3) is 0 Å². The van der Waals surface area contributed by atoms with Crippen LogP contribution in [-0.2, 0) is 9.59 Å². The van der Waals surface area contributed by atoms with Crippen molar-refractivity contribution in [3.05, 3.63) is 48.8 Å². The normalized spacial score (nSPS) is 9.78. The van der Waals surface area contributed by atoms with E-state index in [2.05, 4.69) is 10.3 Å². The van der Waals surface area contributed by atoms with Crippen molar-refractivity contribution in [1.82, 2.24) is 4.98 Å². The number of nitrogens with one attached hydrogen (secondary N) is 1.